The normalized spacial score (nSPS) is 10.4. The van der Waals surface area contributed by atoms with E-state index < -0.39 is 5.82 Å². The summed E-state index contributed by atoms with van der Waals surface area (Å²) in [5, 5.41) is 3.03. The number of halogens is 3. The summed E-state index contributed by atoms with van der Waals surface area (Å²) in [6.07, 6.45) is 1.58. The first-order valence-corrected chi connectivity index (χ1v) is 6.51. The van der Waals surface area contributed by atoms with Crippen LogP contribution in [-0.2, 0) is 0 Å². The molecule has 1 aromatic heterocycles. The molecule has 0 atom stereocenters. The van der Waals surface area contributed by atoms with Crippen LogP contribution in [0.15, 0.2) is 28.9 Å². The molecule has 18 heavy (non-hydrogen) atoms. The zero-order valence-corrected chi connectivity index (χ0v) is 11.9. The van der Waals surface area contributed by atoms with Crippen molar-refractivity contribution in [2.75, 3.05) is 11.9 Å². The van der Waals surface area contributed by atoms with Gasteiger partial charge in [-0.25, -0.2) is 14.4 Å². The topological polar surface area (TPSA) is 37.8 Å². The average molecular weight is 331 g/mol. The summed E-state index contributed by atoms with van der Waals surface area (Å²) in [4.78, 5) is 8.27. The summed E-state index contributed by atoms with van der Waals surface area (Å²) in [7, 11) is 0. The number of benzene rings is 1. The van der Waals surface area contributed by atoms with E-state index in [0.717, 1.165) is 0 Å². The van der Waals surface area contributed by atoms with Crippen molar-refractivity contribution in [2.24, 2.45) is 0 Å². The molecule has 6 heteroatoms. The average Bonchev–Trinajstić information content (AvgIpc) is 2.37. The highest BCUT2D eigenvalue weighted by Gasteiger charge is 2.13. The first-order valence-electron chi connectivity index (χ1n) is 5.34. The number of hydrogen-bond donors (Lipinski definition) is 1. The quantitative estimate of drug-likeness (QED) is 0.860. The highest BCUT2D eigenvalue weighted by atomic mass is 79.9. The van der Waals surface area contributed by atoms with Crippen molar-refractivity contribution in [3.63, 3.8) is 0 Å². The van der Waals surface area contributed by atoms with Crippen molar-refractivity contribution >= 4 is 33.5 Å². The third-order valence-corrected chi connectivity index (χ3v) is 3.56. The molecule has 2 aromatic rings. The minimum Gasteiger partial charge on any atom is -0.354 e. The fraction of sp³-hybridized carbons (Fsp3) is 0.167. The molecule has 0 saturated carbocycles. The summed E-state index contributed by atoms with van der Waals surface area (Å²) in [5.74, 6) is -0.0272. The molecule has 1 heterocycles. The molecule has 0 bridgehead atoms. The van der Waals surface area contributed by atoms with E-state index in [4.69, 9.17) is 11.6 Å². The molecule has 0 fully saturated rings. The van der Waals surface area contributed by atoms with Gasteiger partial charge in [0.05, 0.1) is 10.7 Å². The Balaban J connectivity index is 2.48. The molecule has 0 aliphatic carbocycles. The van der Waals surface area contributed by atoms with Crippen LogP contribution in [-0.4, -0.2) is 16.5 Å². The van der Waals surface area contributed by atoms with Crippen LogP contribution < -0.4 is 5.32 Å². The fourth-order valence-corrected chi connectivity index (χ4v) is 1.95. The van der Waals surface area contributed by atoms with Gasteiger partial charge in [-0.15, -0.1) is 0 Å². The summed E-state index contributed by atoms with van der Waals surface area (Å²) < 4.78 is 14.5. The van der Waals surface area contributed by atoms with Crippen molar-refractivity contribution in [1.82, 2.24) is 9.97 Å². The van der Waals surface area contributed by atoms with Crippen molar-refractivity contribution in [2.45, 2.75) is 6.92 Å². The number of rotatable bonds is 3. The largest absolute Gasteiger partial charge is 0.354 e. The lowest BCUT2D eigenvalue weighted by Gasteiger charge is -2.07. The van der Waals surface area contributed by atoms with Gasteiger partial charge in [-0.2, -0.15) is 0 Å². The Kier molecular flexibility index (Phi) is 4.14. The number of nitrogens with zero attached hydrogens (tertiary/aromatic N) is 2. The molecule has 3 nitrogen and oxygen atoms in total. The van der Waals surface area contributed by atoms with Gasteiger partial charge in [0.15, 0.2) is 5.82 Å². The van der Waals surface area contributed by atoms with Gasteiger partial charge in [-0.1, -0.05) is 11.6 Å². The first kappa shape index (κ1) is 13.2. The highest BCUT2D eigenvalue weighted by Crippen LogP contribution is 2.32. The lowest BCUT2D eigenvalue weighted by atomic mass is 10.1. The Morgan fingerprint density at radius 1 is 1.39 bits per heavy atom. The number of aromatic nitrogens is 2. The molecule has 94 valence electrons. The smallest absolute Gasteiger partial charge is 0.223 e. The van der Waals surface area contributed by atoms with Gasteiger partial charge in [0.25, 0.3) is 0 Å². The van der Waals surface area contributed by atoms with Crippen LogP contribution in [0.2, 0.25) is 5.02 Å². The minimum atomic E-state index is -0.493. The van der Waals surface area contributed by atoms with Crippen molar-refractivity contribution in [1.29, 1.82) is 0 Å². The third kappa shape index (κ3) is 2.62. The predicted octanol–water partition coefficient (Wildman–Crippen LogP) is 4.13. The Labute approximate surface area is 118 Å². The Bertz CT molecular complexity index is 577. The Morgan fingerprint density at radius 2 is 2.17 bits per heavy atom. The molecule has 0 aliphatic heterocycles. The molecule has 1 N–H and O–H groups in total. The monoisotopic (exact) mass is 329 g/mol. The van der Waals surface area contributed by atoms with Crippen LogP contribution in [0.4, 0.5) is 10.3 Å². The van der Waals surface area contributed by atoms with Gasteiger partial charge < -0.3 is 5.32 Å². The van der Waals surface area contributed by atoms with Crippen LogP contribution in [0.3, 0.4) is 0 Å². The maximum atomic E-state index is 14.0. The van der Waals surface area contributed by atoms with Crippen molar-refractivity contribution in [3.05, 3.63) is 39.7 Å². The van der Waals surface area contributed by atoms with E-state index in [-0.39, 0.29) is 5.02 Å². The van der Waals surface area contributed by atoms with E-state index in [2.05, 4.69) is 31.2 Å². The zero-order chi connectivity index (χ0) is 13.1. The third-order valence-electron chi connectivity index (χ3n) is 2.30. The van der Waals surface area contributed by atoms with E-state index in [0.29, 0.717) is 28.2 Å². The van der Waals surface area contributed by atoms with Crippen LogP contribution in [0.1, 0.15) is 6.92 Å². The molecule has 0 aliphatic rings. The van der Waals surface area contributed by atoms with Crippen LogP contribution in [0.5, 0.6) is 0 Å². The van der Waals surface area contributed by atoms with E-state index in [1.165, 1.54) is 0 Å². The summed E-state index contributed by atoms with van der Waals surface area (Å²) in [5.41, 5.74) is 0.845. The Morgan fingerprint density at radius 3 is 2.89 bits per heavy atom. The lowest BCUT2D eigenvalue weighted by molar-refractivity contribution is 0.630. The second-order valence-corrected chi connectivity index (χ2v) is 4.75. The summed E-state index contributed by atoms with van der Waals surface area (Å²) in [6.45, 7) is 2.64. The van der Waals surface area contributed by atoms with Gasteiger partial charge >= 0.3 is 0 Å². The molecule has 0 unspecified atom stereocenters. The summed E-state index contributed by atoms with van der Waals surface area (Å²) in [6, 6.07) is 4.96. The van der Waals surface area contributed by atoms with E-state index in [9.17, 15) is 4.39 Å². The van der Waals surface area contributed by atoms with Crippen LogP contribution in [0.25, 0.3) is 11.3 Å². The first-order chi connectivity index (χ1) is 8.63. The number of nitrogens with one attached hydrogen (secondary N) is 1. The molecule has 0 amide bonds. The lowest BCUT2D eigenvalue weighted by Crippen LogP contribution is -2.02. The van der Waals surface area contributed by atoms with Crippen molar-refractivity contribution in [3.8, 4) is 11.3 Å². The van der Waals surface area contributed by atoms with Crippen LogP contribution in [0, 0.1) is 5.82 Å². The highest BCUT2D eigenvalue weighted by molar-refractivity contribution is 9.10. The second-order valence-electron chi connectivity index (χ2n) is 3.52. The van der Waals surface area contributed by atoms with Gasteiger partial charge in [0.1, 0.15) is 0 Å². The molecular formula is C12H10BrClFN3. The minimum absolute atomic E-state index is 0.0520. The zero-order valence-electron chi connectivity index (χ0n) is 9.54. The summed E-state index contributed by atoms with van der Waals surface area (Å²) >= 11 is 9.03. The Hall–Kier alpha value is -1.20. The fourth-order valence-electron chi connectivity index (χ4n) is 1.48. The second kappa shape index (κ2) is 5.63. The van der Waals surface area contributed by atoms with Gasteiger partial charge in [0.2, 0.25) is 5.95 Å². The molecule has 1 aromatic carbocycles. The van der Waals surface area contributed by atoms with E-state index in [1.54, 1.807) is 24.4 Å². The predicted molar refractivity (Wildman–Crippen MR) is 74.3 cm³/mol. The van der Waals surface area contributed by atoms with E-state index >= 15 is 0 Å². The number of hydrogen-bond acceptors (Lipinski definition) is 3. The number of anilines is 1. The standard InChI is InChI=1S/C12H10BrClFN3/c1-2-16-12-17-6-5-9(18-12)7-3-4-8(13)10(14)11(7)15/h3-6H,2H2,1H3,(H,16,17,18). The maximum absolute atomic E-state index is 14.0. The molecule has 2 rings (SSSR count). The van der Waals surface area contributed by atoms with Gasteiger partial charge in [-0.3, -0.25) is 0 Å². The van der Waals surface area contributed by atoms with Crippen molar-refractivity contribution < 1.29 is 4.39 Å². The molecule has 0 radical (unpaired) electrons. The SMILES string of the molecule is CCNc1nccc(-c2ccc(Br)c(Cl)c2F)n1. The van der Waals surface area contributed by atoms with Gasteiger partial charge in [0, 0.05) is 22.8 Å². The maximum Gasteiger partial charge on any atom is 0.223 e. The molecule has 0 spiro atoms. The van der Waals surface area contributed by atoms with Gasteiger partial charge in [-0.05, 0) is 41.1 Å². The molecule has 0 saturated heterocycles. The van der Waals surface area contributed by atoms with Crippen LogP contribution >= 0.6 is 27.5 Å². The molecular weight excluding hydrogens is 321 g/mol. The van der Waals surface area contributed by atoms with E-state index in [1.807, 2.05) is 6.92 Å².